The van der Waals surface area contributed by atoms with E-state index in [-0.39, 0.29) is 55.0 Å². The molecule has 5 rings (SSSR count). The van der Waals surface area contributed by atoms with Crippen LogP contribution in [0.25, 0.3) is 0 Å². The number of hydrogen-bond acceptors (Lipinski definition) is 7. The van der Waals surface area contributed by atoms with Gasteiger partial charge in [-0.3, -0.25) is 9.69 Å². The van der Waals surface area contributed by atoms with Crippen molar-refractivity contribution in [3.8, 4) is 5.75 Å². The first-order valence-corrected chi connectivity index (χ1v) is 12.0. The van der Waals surface area contributed by atoms with Crippen LogP contribution in [0.3, 0.4) is 0 Å². The van der Waals surface area contributed by atoms with Crippen LogP contribution in [0, 0.1) is 11.2 Å². The van der Waals surface area contributed by atoms with Crippen LogP contribution in [0.15, 0.2) is 30.6 Å². The third kappa shape index (κ3) is 4.74. The second-order valence-corrected chi connectivity index (χ2v) is 9.76. The Morgan fingerprint density at radius 3 is 2.74 bits per heavy atom. The van der Waals surface area contributed by atoms with E-state index in [0.29, 0.717) is 35.8 Å². The number of halogens is 3. The zero-order valence-electron chi connectivity index (χ0n) is 18.9. The second-order valence-electron chi connectivity index (χ2n) is 9.33. The number of likely N-dealkylation sites (tertiary alicyclic amines) is 1. The first-order valence-electron chi connectivity index (χ1n) is 11.6. The number of aliphatic hydroxyl groups is 1. The third-order valence-electron chi connectivity index (χ3n) is 7.13. The van der Waals surface area contributed by atoms with Crippen molar-refractivity contribution >= 4 is 23.2 Å². The van der Waals surface area contributed by atoms with Crippen molar-refractivity contribution in [3.63, 3.8) is 0 Å². The number of rotatable bonds is 6. The van der Waals surface area contributed by atoms with Gasteiger partial charge in [-0.1, -0.05) is 11.6 Å². The minimum Gasteiger partial charge on any atom is -0.489 e. The van der Waals surface area contributed by atoms with Crippen LogP contribution < -0.4 is 4.74 Å². The van der Waals surface area contributed by atoms with Crippen molar-refractivity contribution in [2.24, 2.45) is 0 Å². The number of carbonyl (C=O) groups excluding carboxylic acids is 1. The first-order chi connectivity index (χ1) is 16.8. The monoisotopic (exact) mass is 505 g/mol. The lowest BCUT2D eigenvalue weighted by molar-refractivity contribution is 0.0219. The smallest absolute Gasteiger partial charge is 0.257 e. The normalized spacial score (nSPS) is 28.5. The predicted molar refractivity (Wildman–Crippen MR) is 124 cm³/mol. The van der Waals surface area contributed by atoms with Crippen molar-refractivity contribution in [1.29, 1.82) is 5.41 Å². The molecule has 2 N–H and O–H groups in total. The number of fused-ring (bicyclic) bond motifs is 2. The highest BCUT2D eigenvalue weighted by Crippen LogP contribution is 2.38. The number of hydrogen-bond donors (Lipinski definition) is 2. The highest BCUT2D eigenvalue weighted by Gasteiger charge is 2.47. The molecule has 2 aromatic rings. The number of piperidine rings is 1. The summed E-state index contributed by atoms with van der Waals surface area (Å²) < 4.78 is 33.3. The molecule has 186 valence electrons. The van der Waals surface area contributed by atoms with Gasteiger partial charge in [0.15, 0.2) is 0 Å². The Bertz CT molecular complexity index is 1120. The van der Waals surface area contributed by atoms with E-state index in [1.807, 2.05) is 4.90 Å². The van der Waals surface area contributed by atoms with E-state index < -0.39 is 24.5 Å². The van der Waals surface area contributed by atoms with Gasteiger partial charge in [0, 0.05) is 55.8 Å². The number of aromatic nitrogens is 2. The summed E-state index contributed by atoms with van der Waals surface area (Å²) in [4.78, 5) is 25.3. The molecular weight excluding hydrogens is 480 g/mol. The lowest BCUT2D eigenvalue weighted by Gasteiger charge is -2.38. The van der Waals surface area contributed by atoms with Crippen molar-refractivity contribution in [2.75, 3.05) is 26.3 Å². The second kappa shape index (κ2) is 9.75. The van der Waals surface area contributed by atoms with Crippen LogP contribution >= 0.6 is 11.6 Å². The zero-order chi connectivity index (χ0) is 24.7. The third-order valence-corrected chi connectivity index (χ3v) is 7.32. The van der Waals surface area contributed by atoms with Crippen LogP contribution in [0.1, 0.15) is 41.4 Å². The fourth-order valence-corrected chi connectivity index (χ4v) is 5.62. The largest absolute Gasteiger partial charge is 0.489 e. The van der Waals surface area contributed by atoms with Gasteiger partial charge in [0.2, 0.25) is 0 Å². The first kappa shape index (κ1) is 24.0. The number of alkyl halides is 1. The Morgan fingerprint density at radius 1 is 1.26 bits per heavy atom. The fraction of sp³-hybridized carbons (Fsp3) is 0.500. The molecule has 5 unspecified atom stereocenters. The quantitative estimate of drug-likeness (QED) is 0.626. The average molecular weight is 506 g/mol. The number of carbonyl (C=O) groups is 1. The zero-order valence-corrected chi connectivity index (χ0v) is 19.7. The summed E-state index contributed by atoms with van der Waals surface area (Å²) >= 11 is 5.86. The van der Waals surface area contributed by atoms with E-state index in [2.05, 4.69) is 9.97 Å². The summed E-state index contributed by atoms with van der Waals surface area (Å²) in [5.74, 6) is -0.807. The molecule has 8 nitrogen and oxygen atoms in total. The molecule has 0 radical (unpaired) electrons. The lowest BCUT2D eigenvalue weighted by Crippen LogP contribution is -2.49. The predicted octanol–water partition coefficient (Wildman–Crippen LogP) is 2.84. The SMILES string of the molecule is N=C1CN(C(=O)c2ccc(F)cc2OC2CC3CC(O)C(C2)N3CCF)CC1c1ncc(Cl)cn1. The van der Waals surface area contributed by atoms with Gasteiger partial charge in [-0.25, -0.2) is 18.7 Å². The van der Waals surface area contributed by atoms with E-state index in [1.54, 1.807) is 0 Å². The number of nitrogens with zero attached hydrogens (tertiary/aromatic N) is 4. The molecule has 35 heavy (non-hydrogen) atoms. The summed E-state index contributed by atoms with van der Waals surface area (Å²) in [6.45, 7) is 0.0985. The summed E-state index contributed by atoms with van der Waals surface area (Å²) in [6, 6.07) is 3.56. The van der Waals surface area contributed by atoms with E-state index in [1.165, 1.54) is 35.5 Å². The number of ether oxygens (including phenoxy) is 1. The van der Waals surface area contributed by atoms with Crippen molar-refractivity contribution in [3.05, 3.63) is 52.8 Å². The van der Waals surface area contributed by atoms with Crippen LogP contribution in [0.2, 0.25) is 5.02 Å². The molecule has 2 bridgehead atoms. The topological polar surface area (TPSA) is 103 Å². The number of benzene rings is 1. The molecule has 3 aliphatic heterocycles. The molecule has 3 saturated heterocycles. The van der Waals surface area contributed by atoms with Crippen LogP contribution in [-0.4, -0.2) is 87.1 Å². The Morgan fingerprint density at radius 2 is 2.03 bits per heavy atom. The summed E-state index contributed by atoms with van der Waals surface area (Å²) in [7, 11) is 0. The van der Waals surface area contributed by atoms with Gasteiger partial charge < -0.3 is 20.2 Å². The standard InChI is InChI=1S/C24H26ClF2N5O3/c25-13-9-29-23(30-10-13)18-11-31(12-19(18)28)24(34)17-2-1-14(27)5-22(17)35-16-6-15-7-21(33)20(8-16)32(15)4-3-26/h1-2,5,9-10,15-16,18,20-21,28,33H,3-4,6-8,11-12H2. The number of amides is 1. The number of nitrogens with one attached hydrogen (secondary N) is 1. The molecule has 3 fully saturated rings. The summed E-state index contributed by atoms with van der Waals surface area (Å²) in [5.41, 5.74) is 0.506. The van der Waals surface area contributed by atoms with Gasteiger partial charge in [-0.05, 0) is 25.0 Å². The molecule has 1 amide bonds. The number of aliphatic hydroxyl groups excluding tert-OH is 1. The lowest BCUT2D eigenvalue weighted by atomic mass is 9.99. The summed E-state index contributed by atoms with van der Waals surface area (Å²) in [6.07, 6.45) is 3.58. The molecule has 11 heteroatoms. The molecular formula is C24H26ClF2N5O3. The van der Waals surface area contributed by atoms with E-state index in [0.717, 1.165) is 0 Å². The molecule has 3 aliphatic rings. The average Bonchev–Trinajstić information content (AvgIpc) is 3.29. The molecule has 4 heterocycles. The summed E-state index contributed by atoms with van der Waals surface area (Å²) in [5, 5.41) is 19.1. The molecule has 0 aliphatic carbocycles. The molecule has 5 atom stereocenters. The maximum atomic E-state index is 14.2. The molecule has 0 saturated carbocycles. The minimum atomic E-state index is -0.559. The molecule has 1 aromatic carbocycles. The molecule has 1 aromatic heterocycles. The van der Waals surface area contributed by atoms with Gasteiger partial charge in [0.1, 0.15) is 30.2 Å². The van der Waals surface area contributed by atoms with Gasteiger partial charge in [-0.15, -0.1) is 0 Å². The van der Waals surface area contributed by atoms with Crippen LogP contribution in [0.5, 0.6) is 5.75 Å². The minimum absolute atomic E-state index is 0.0172. The van der Waals surface area contributed by atoms with E-state index in [4.69, 9.17) is 21.7 Å². The Kier molecular flexibility index (Phi) is 6.69. The Balaban J connectivity index is 1.32. The van der Waals surface area contributed by atoms with Crippen LogP contribution in [0.4, 0.5) is 8.78 Å². The van der Waals surface area contributed by atoms with Gasteiger partial charge >= 0.3 is 0 Å². The maximum absolute atomic E-state index is 14.2. The van der Waals surface area contributed by atoms with Gasteiger partial charge in [0.25, 0.3) is 5.91 Å². The van der Waals surface area contributed by atoms with Crippen molar-refractivity contribution in [2.45, 2.75) is 49.5 Å². The molecule has 0 spiro atoms. The highest BCUT2D eigenvalue weighted by molar-refractivity contribution is 6.30. The van der Waals surface area contributed by atoms with E-state index in [9.17, 15) is 18.7 Å². The van der Waals surface area contributed by atoms with Crippen molar-refractivity contribution in [1.82, 2.24) is 19.8 Å². The van der Waals surface area contributed by atoms with Gasteiger partial charge in [-0.2, -0.15) is 0 Å². The highest BCUT2D eigenvalue weighted by atomic mass is 35.5. The van der Waals surface area contributed by atoms with E-state index >= 15 is 0 Å². The Hall–Kier alpha value is -2.69. The van der Waals surface area contributed by atoms with Gasteiger partial charge in [0.05, 0.1) is 29.2 Å². The Labute approximate surface area is 206 Å². The maximum Gasteiger partial charge on any atom is 0.257 e. The van der Waals surface area contributed by atoms with Crippen LogP contribution in [-0.2, 0) is 0 Å². The fourth-order valence-electron chi connectivity index (χ4n) is 5.52. The van der Waals surface area contributed by atoms with Crippen molar-refractivity contribution < 1.29 is 23.4 Å².